The first-order valence-corrected chi connectivity index (χ1v) is 13.4. The smallest absolute Gasteiger partial charge is 0.325 e. The molecule has 0 heterocycles. The highest BCUT2D eigenvalue weighted by Crippen LogP contribution is 2.42. The van der Waals surface area contributed by atoms with Gasteiger partial charge in [0.2, 0.25) is 0 Å². The molecule has 0 N–H and O–H groups in total. The Balaban J connectivity index is 1.90. The van der Waals surface area contributed by atoms with Crippen LogP contribution in [0.1, 0.15) is 33.2 Å². The van der Waals surface area contributed by atoms with Gasteiger partial charge in [-0.3, -0.25) is 4.79 Å². The van der Waals surface area contributed by atoms with Crippen LogP contribution in [0.2, 0.25) is 0 Å². The van der Waals surface area contributed by atoms with E-state index >= 15 is 0 Å². The van der Waals surface area contributed by atoms with Gasteiger partial charge < -0.3 is 33.2 Å². The van der Waals surface area contributed by atoms with Gasteiger partial charge in [0, 0.05) is 19.8 Å². The maximum absolute atomic E-state index is 13.5. The molecule has 1 unspecified atom stereocenters. The number of alkyl halides is 1. The highest BCUT2D eigenvalue weighted by molar-refractivity contribution is 9.09. The summed E-state index contributed by atoms with van der Waals surface area (Å²) in [5, 5.41) is 9.74. The molecule has 3 rings (SSSR count). The number of carbonyl (C=O) groups is 1. The number of carbonyl (C=O) groups excluding carboxylic acids is 1. The molecule has 10 heteroatoms. The average Bonchev–Trinajstić information content (AvgIpc) is 3.00. The summed E-state index contributed by atoms with van der Waals surface area (Å²) in [7, 11) is 3.12. The van der Waals surface area contributed by atoms with Gasteiger partial charge in [-0.25, -0.2) is 0 Å². The first kappa shape index (κ1) is 31.1. The number of benzene rings is 3. The van der Waals surface area contributed by atoms with Crippen LogP contribution in [0.4, 0.5) is 0 Å². The Labute approximate surface area is 242 Å². The molecule has 0 aliphatic heterocycles. The Morgan fingerprint density at radius 2 is 1.30 bits per heavy atom. The van der Waals surface area contributed by atoms with Crippen molar-refractivity contribution in [2.45, 2.75) is 10.9 Å². The first-order valence-electron chi connectivity index (χ1n) is 12.5. The third-order valence-electron chi connectivity index (χ3n) is 5.62. The van der Waals surface area contributed by atoms with Gasteiger partial charge in [-0.15, -0.1) is 0 Å². The maximum Gasteiger partial charge on any atom is 0.325 e. The number of nitriles is 1. The fourth-order valence-corrected chi connectivity index (χ4v) is 4.12. The molecular weight excluding hydrogens is 582 g/mol. The highest BCUT2D eigenvalue weighted by atomic mass is 79.9. The van der Waals surface area contributed by atoms with Gasteiger partial charge in [0.05, 0.1) is 32.0 Å². The lowest BCUT2D eigenvalue weighted by molar-refractivity contribution is -0.146. The predicted molar refractivity (Wildman–Crippen MR) is 150 cm³/mol. The zero-order chi connectivity index (χ0) is 28.6. The second-order valence-electron chi connectivity index (χ2n) is 8.30. The molecule has 0 bridgehead atoms. The Bertz CT molecular complexity index is 1180. The largest absolute Gasteiger partial charge is 0.463 e. The van der Waals surface area contributed by atoms with Gasteiger partial charge >= 0.3 is 5.97 Å². The van der Waals surface area contributed by atoms with Gasteiger partial charge in [-0.1, -0.05) is 82.7 Å². The molecule has 0 amide bonds. The van der Waals surface area contributed by atoms with Gasteiger partial charge in [0.1, 0.15) is 10.9 Å². The molecule has 9 nitrogen and oxygen atoms in total. The zero-order valence-corrected chi connectivity index (χ0v) is 24.0. The average molecular weight is 614 g/mol. The van der Waals surface area contributed by atoms with Crippen molar-refractivity contribution in [3.8, 4) is 17.6 Å². The number of nitrogens with zero attached hydrogens (tertiary/aromatic N) is 1. The molecule has 1 atom stereocenters. The van der Waals surface area contributed by atoms with Crippen molar-refractivity contribution in [3.05, 3.63) is 95.1 Å². The van der Waals surface area contributed by atoms with Gasteiger partial charge in [-0.05, 0) is 17.2 Å². The minimum Gasteiger partial charge on any atom is -0.463 e. The molecule has 0 fully saturated rings. The summed E-state index contributed by atoms with van der Waals surface area (Å²) < 4.78 is 38.6. The predicted octanol–water partition coefficient (Wildman–Crippen LogP) is 5.33. The summed E-state index contributed by atoms with van der Waals surface area (Å²) in [6.07, 6.45) is -0.639. The molecule has 0 aromatic heterocycles. The molecule has 0 saturated carbocycles. The number of hydrogen-bond acceptors (Lipinski definition) is 9. The van der Waals surface area contributed by atoms with Crippen molar-refractivity contribution in [1.82, 2.24) is 0 Å². The molecule has 212 valence electrons. The lowest BCUT2D eigenvalue weighted by Gasteiger charge is -2.23. The van der Waals surface area contributed by atoms with E-state index in [0.717, 1.165) is 11.1 Å². The Morgan fingerprint density at radius 1 is 0.775 bits per heavy atom. The summed E-state index contributed by atoms with van der Waals surface area (Å²) in [6.45, 7) is 1.00. The van der Waals surface area contributed by atoms with E-state index in [0.29, 0.717) is 25.4 Å². The monoisotopic (exact) mass is 613 g/mol. The van der Waals surface area contributed by atoms with Crippen molar-refractivity contribution in [2.24, 2.45) is 0 Å². The van der Waals surface area contributed by atoms with Crippen LogP contribution in [0.5, 0.6) is 11.5 Å². The molecule has 40 heavy (non-hydrogen) atoms. The molecule has 0 saturated heterocycles. The van der Waals surface area contributed by atoms with Crippen LogP contribution in [-0.2, 0) is 28.5 Å². The SMILES string of the molecule is COCCOCOc1c(C#N)ccc(C(Br)C(=O)OC(c2ccccc2)c2ccccc2)c1OCOCCOC. The standard InChI is InChI=1S/C30H32BrNO8/c1-34-15-17-36-20-38-28-24(19-32)13-14-25(29(28)39-21-37-18-16-35-2)26(31)30(33)40-27(22-9-5-3-6-10-22)23-11-7-4-8-12-23/h3-14,26-27H,15-18,20-21H2,1-2H3. The molecule has 0 spiro atoms. The van der Waals surface area contributed by atoms with Crippen molar-refractivity contribution in [2.75, 3.05) is 54.2 Å². The van der Waals surface area contributed by atoms with E-state index in [1.807, 2.05) is 60.7 Å². The van der Waals surface area contributed by atoms with Gasteiger partial charge in [-0.2, -0.15) is 5.26 Å². The van der Waals surface area contributed by atoms with Crippen LogP contribution in [0.3, 0.4) is 0 Å². The summed E-state index contributed by atoms with van der Waals surface area (Å²) in [6, 6.07) is 24.2. The van der Waals surface area contributed by atoms with Crippen LogP contribution in [0, 0.1) is 11.3 Å². The lowest BCUT2D eigenvalue weighted by atomic mass is 10.0. The van der Waals surface area contributed by atoms with Crippen molar-refractivity contribution in [3.63, 3.8) is 0 Å². The van der Waals surface area contributed by atoms with E-state index in [4.69, 9.17) is 33.2 Å². The van der Waals surface area contributed by atoms with E-state index in [1.54, 1.807) is 26.4 Å². The van der Waals surface area contributed by atoms with E-state index in [-0.39, 0.29) is 37.3 Å². The number of rotatable bonds is 17. The Kier molecular flexibility index (Phi) is 13.4. The van der Waals surface area contributed by atoms with E-state index < -0.39 is 16.9 Å². The third-order valence-corrected chi connectivity index (χ3v) is 6.49. The highest BCUT2D eigenvalue weighted by Gasteiger charge is 2.30. The minimum absolute atomic E-state index is 0.118. The van der Waals surface area contributed by atoms with Crippen molar-refractivity contribution in [1.29, 1.82) is 5.26 Å². The molecule has 3 aromatic carbocycles. The Morgan fingerprint density at radius 3 is 1.80 bits per heavy atom. The van der Waals surface area contributed by atoms with Crippen LogP contribution >= 0.6 is 15.9 Å². The number of methoxy groups -OCH3 is 2. The number of halogens is 1. The second kappa shape index (κ2) is 17.3. The fraction of sp³-hybridized carbons (Fsp3) is 0.333. The normalized spacial score (nSPS) is 11.6. The summed E-state index contributed by atoms with van der Waals surface area (Å²) >= 11 is 3.49. The van der Waals surface area contributed by atoms with Crippen molar-refractivity contribution < 1.29 is 38.0 Å². The number of hydrogen-bond donors (Lipinski definition) is 0. The molecular formula is C30H32BrNO8. The quantitative estimate of drug-likeness (QED) is 0.0864. The summed E-state index contributed by atoms with van der Waals surface area (Å²) in [5.74, 6) is -0.288. The Hall–Kier alpha value is -3.46. The van der Waals surface area contributed by atoms with E-state index in [2.05, 4.69) is 22.0 Å². The van der Waals surface area contributed by atoms with E-state index in [1.165, 1.54) is 0 Å². The van der Waals surface area contributed by atoms with Gasteiger partial charge in [0.25, 0.3) is 0 Å². The maximum atomic E-state index is 13.5. The molecule has 0 aliphatic rings. The molecule has 0 aliphatic carbocycles. The molecule has 3 aromatic rings. The number of esters is 1. The van der Waals surface area contributed by atoms with Crippen LogP contribution in [-0.4, -0.2) is 60.2 Å². The lowest BCUT2D eigenvalue weighted by Crippen LogP contribution is -2.18. The summed E-state index contributed by atoms with van der Waals surface area (Å²) in [5.41, 5.74) is 2.24. The van der Waals surface area contributed by atoms with E-state index in [9.17, 15) is 10.1 Å². The third kappa shape index (κ3) is 9.05. The topological polar surface area (TPSA) is 105 Å². The summed E-state index contributed by atoms with van der Waals surface area (Å²) in [4.78, 5) is 12.6. The minimum atomic E-state index is -0.957. The molecule has 0 radical (unpaired) electrons. The van der Waals surface area contributed by atoms with Crippen molar-refractivity contribution >= 4 is 21.9 Å². The second-order valence-corrected chi connectivity index (χ2v) is 9.22. The van der Waals surface area contributed by atoms with Gasteiger partial charge in [0.15, 0.2) is 31.2 Å². The fourth-order valence-electron chi connectivity index (χ4n) is 3.65. The number of ether oxygens (including phenoxy) is 7. The van der Waals surface area contributed by atoms with Crippen LogP contribution < -0.4 is 9.47 Å². The van der Waals surface area contributed by atoms with Crippen LogP contribution in [0.25, 0.3) is 0 Å². The van der Waals surface area contributed by atoms with Crippen LogP contribution in [0.15, 0.2) is 72.8 Å². The first-order chi connectivity index (χ1) is 19.6. The zero-order valence-electron chi connectivity index (χ0n) is 22.4.